The summed E-state index contributed by atoms with van der Waals surface area (Å²) < 4.78 is 0. The van der Waals surface area contributed by atoms with E-state index in [4.69, 9.17) is 23.2 Å². The summed E-state index contributed by atoms with van der Waals surface area (Å²) >= 11 is 11.9. The van der Waals surface area contributed by atoms with E-state index < -0.39 is 5.54 Å². The van der Waals surface area contributed by atoms with Gasteiger partial charge in [-0.2, -0.15) is 0 Å². The molecule has 0 spiro atoms. The lowest BCUT2D eigenvalue weighted by Crippen LogP contribution is -2.50. The lowest BCUT2D eigenvalue weighted by molar-refractivity contribution is 0.0864. The highest BCUT2D eigenvalue weighted by molar-refractivity contribution is 6.33. The standard InChI is InChI=1S/C12H17Cl2NO2/c1-2-12(7-16,8-17)15-6-9-5-10(13)3-4-11(9)14/h3-5,15-17H,2,6-8H2,1H3. The van der Waals surface area contributed by atoms with Gasteiger partial charge in [-0.05, 0) is 30.2 Å². The van der Waals surface area contributed by atoms with Crippen molar-refractivity contribution in [3.8, 4) is 0 Å². The molecule has 0 aliphatic rings. The second-order valence-corrected chi connectivity index (χ2v) is 4.88. The highest BCUT2D eigenvalue weighted by Crippen LogP contribution is 2.21. The van der Waals surface area contributed by atoms with E-state index >= 15 is 0 Å². The second kappa shape index (κ2) is 6.57. The fraction of sp³-hybridized carbons (Fsp3) is 0.500. The average molecular weight is 278 g/mol. The van der Waals surface area contributed by atoms with Crippen LogP contribution in [-0.2, 0) is 6.54 Å². The largest absolute Gasteiger partial charge is 0.394 e. The zero-order valence-corrected chi connectivity index (χ0v) is 11.2. The topological polar surface area (TPSA) is 52.5 Å². The van der Waals surface area contributed by atoms with Crippen LogP contribution in [0.3, 0.4) is 0 Å². The van der Waals surface area contributed by atoms with Gasteiger partial charge in [0.25, 0.3) is 0 Å². The van der Waals surface area contributed by atoms with Crippen molar-refractivity contribution < 1.29 is 10.2 Å². The summed E-state index contributed by atoms with van der Waals surface area (Å²) in [7, 11) is 0. The van der Waals surface area contributed by atoms with E-state index in [2.05, 4.69) is 5.32 Å². The Hall–Kier alpha value is -0.320. The number of aliphatic hydroxyl groups is 2. The quantitative estimate of drug-likeness (QED) is 0.748. The van der Waals surface area contributed by atoms with Gasteiger partial charge >= 0.3 is 0 Å². The maximum atomic E-state index is 9.30. The molecule has 0 saturated heterocycles. The highest BCUT2D eigenvalue weighted by atomic mass is 35.5. The molecule has 3 nitrogen and oxygen atoms in total. The van der Waals surface area contributed by atoms with Gasteiger partial charge in [-0.15, -0.1) is 0 Å². The van der Waals surface area contributed by atoms with Crippen molar-refractivity contribution >= 4 is 23.2 Å². The lowest BCUT2D eigenvalue weighted by atomic mass is 9.98. The van der Waals surface area contributed by atoms with Crippen molar-refractivity contribution in [1.82, 2.24) is 5.32 Å². The van der Waals surface area contributed by atoms with Crippen molar-refractivity contribution in [3.05, 3.63) is 33.8 Å². The predicted octanol–water partition coefficient (Wildman–Crippen LogP) is 2.22. The Kier molecular flexibility index (Phi) is 5.70. The van der Waals surface area contributed by atoms with Crippen LogP contribution in [0.4, 0.5) is 0 Å². The first kappa shape index (κ1) is 14.7. The monoisotopic (exact) mass is 277 g/mol. The van der Waals surface area contributed by atoms with Crippen LogP contribution in [0, 0.1) is 0 Å². The zero-order valence-electron chi connectivity index (χ0n) is 9.71. The molecule has 1 aromatic rings. The summed E-state index contributed by atoms with van der Waals surface area (Å²) in [4.78, 5) is 0. The van der Waals surface area contributed by atoms with Crippen molar-refractivity contribution in [2.24, 2.45) is 0 Å². The highest BCUT2D eigenvalue weighted by Gasteiger charge is 2.25. The summed E-state index contributed by atoms with van der Waals surface area (Å²) in [5.74, 6) is 0. The van der Waals surface area contributed by atoms with Gasteiger partial charge in [0.2, 0.25) is 0 Å². The fourth-order valence-electron chi connectivity index (χ4n) is 1.47. The third kappa shape index (κ3) is 3.83. The van der Waals surface area contributed by atoms with Crippen LogP contribution in [0.15, 0.2) is 18.2 Å². The first-order valence-corrected chi connectivity index (χ1v) is 6.23. The molecule has 0 unspecified atom stereocenters. The van der Waals surface area contributed by atoms with E-state index in [0.717, 1.165) is 5.56 Å². The van der Waals surface area contributed by atoms with Gasteiger partial charge in [0.15, 0.2) is 0 Å². The second-order valence-electron chi connectivity index (χ2n) is 4.04. The van der Waals surface area contributed by atoms with Crippen LogP contribution in [0.1, 0.15) is 18.9 Å². The van der Waals surface area contributed by atoms with Crippen LogP contribution >= 0.6 is 23.2 Å². The Bertz CT molecular complexity index is 359. The molecule has 0 bridgehead atoms. The van der Waals surface area contributed by atoms with E-state index in [-0.39, 0.29) is 13.2 Å². The molecule has 0 aliphatic carbocycles. The molecule has 17 heavy (non-hydrogen) atoms. The van der Waals surface area contributed by atoms with E-state index in [1.165, 1.54) is 0 Å². The maximum absolute atomic E-state index is 9.30. The minimum atomic E-state index is -0.675. The SMILES string of the molecule is CCC(CO)(CO)NCc1cc(Cl)ccc1Cl. The molecular weight excluding hydrogens is 261 g/mol. The van der Waals surface area contributed by atoms with Gasteiger partial charge in [-0.25, -0.2) is 0 Å². The molecule has 0 aromatic heterocycles. The molecule has 0 amide bonds. The normalized spacial score (nSPS) is 11.8. The van der Waals surface area contributed by atoms with E-state index in [1.807, 2.05) is 6.92 Å². The summed E-state index contributed by atoms with van der Waals surface area (Å²) in [5, 5.41) is 22.9. The Morgan fingerprint density at radius 2 is 1.88 bits per heavy atom. The first-order chi connectivity index (χ1) is 8.06. The number of nitrogens with one attached hydrogen (secondary N) is 1. The summed E-state index contributed by atoms with van der Waals surface area (Å²) in [6, 6.07) is 5.22. The van der Waals surface area contributed by atoms with Crippen LogP contribution in [-0.4, -0.2) is 29.0 Å². The molecule has 0 radical (unpaired) electrons. The zero-order chi connectivity index (χ0) is 12.9. The molecule has 5 heteroatoms. The van der Waals surface area contributed by atoms with Gasteiger partial charge < -0.3 is 15.5 Å². The third-order valence-corrected chi connectivity index (χ3v) is 3.55. The van der Waals surface area contributed by atoms with E-state index in [0.29, 0.717) is 23.0 Å². The summed E-state index contributed by atoms with van der Waals surface area (Å²) in [6.07, 6.45) is 0.623. The minimum absolute atomic E-state index is 0.127. The van der Waals surface area contributed by atoms with Crippen LogP contribution in [0.25, 0.3) is 0 Å². The van der Waals surface area contributed by atoms with Crippen molar-refractivity contribution in [2.75, 3.05) is 13.2 Å². The molecule has 0 atom stereocenters. The van der Waals surface area contributed by atoms with E-state index in [9.17, 15) is 10.2 Å². The smallest absolute Gasteiger partial charge is 0.0648 e. The van der Waals surface area contributed by atoms with E-state index in [1.54, 1.807) is 18.2 Å². The molecule has 1 rings (SSSR count). The lowest BCUT2D eigenvalue weighted by Gasteiger charge is -2.30. The Labute approximate surface area is 111 Å². The van der Waals surface area contributed by atoms with Gasteiger partial charge in [0, 0.05) is 16.6 Å². The van der Waals surface area contributed by atoms with Crippen molar-refractivity contribution in [1.29, 1.82) is 0 Å². The number of rotatable bonds is 6. The molecule has 1 aromatic carbocycles. The molecule has 0 saturated carbocycles. The fourth-order valence-corrected chi connectivity index (χ4v) is 1.85. The van der Waals surface area contributed by atoms with Gasteiger partial charge in [-0.1, -0.05) is 30.1 Å². The number of aliphatic hydroxyl groups excluding tert-OH is 2. The third-order valence-electron chi connectivity index (χ3n) is 2.94. The van der Waals surface area contributed by atoms with Gasteiger partial charge in [-0.3, -0.25) is 0 Å². The van der Waals surface area contributed by atoms with Gasteiger partial charge in [0.05, 0.1) is 18.8 Å². The average Bonchev–Trinajstić information content (AvgIpc) is 2.35. The van der Waals surface area contributed by atoms with Gasteiger partial charge in [0.1, 0.15) is 0 Å². The first-order valence-electron chi connectivity index (χ1n) is 5.47. The number of hydrogen-bond acceptors (Lipinski definition) is 3. The number of hydrogen-bond donors (Lipinski definition) is 3. The molecular formula is C12H17Cl2NO2. The Morgan fingerprint density at radius 3 is 2.41 bits per heavy atom. The number of benzene rings is 1. The summed E-state index contributed by atoms with van der Waals surface area (Å²) in [5.41, 5.74) is 0.171. The minimum Gasteiger partial charge on any atom is -0.394 e. The van der Waals surface area contributed by atoms with Crippen LogP contribution in [0.2, 0.25) is 10.0 Å². The Balaban J connectivity index is 2.75. The molecule has 3 N–H and O–H groups in total. The predicted molar refractivity (Wildman–Crippen MR) is 70.5 cm³/mol. The summed E-state index contributed by atoms with van der Waals surface area (Å²) in [6.45, 7) is 2.10. The van der Waals surface area contributed by atoms with Crippen molar-refractivity contribution in [3.63, 3.8) is 0 Å². The Morgan fingerprint density at radius 1 is 1.24 bits per heavy atom. The molecule has 0 fully saturated rings. The van der Waals surface area contributed by atoms with Crippen molar-refractivity contribution in [2.45, 2.75) is 25.4 Å². The molecule has 0 heterocycles. The number of halogens is 2. The van der Waals surface area contributed by atoms with Crippen LogP contribution < -0.4 is 5.32 Å². The molecule has 96 valence electrons. The maximum Gasteiger partial charge on any atom is 0.0648 e. The van der Waals surface area contributed by atoms with Crippen LogP contribution in [0.5, 0.6) is 0 Å². The molecule has 0 aliphatic heterocycles.